The number of aliphatic hydroxyl groups excluding tert-OH is 1. The second-order valence-electron chi connectivity index (χ2n) is 11.3. The number of aliphatic hydroxyl groups is 1. The second-order valence-corrected chi connectivity index (χ2v) is 11.3. The highest BCUT2D eigenvalue weighted by Crippen LogP contribution is 2.63. The van der Waals surface area contributed by atoms with E-state index in [2.05, 4.69) is 6.58 Å². The summed E-state index contributed by atoms with van der Waals surface area (Å²) in [7, 11) is 0. The van der Waals surface area contributed by atoms with Crippen LogP contribution in [0.3, 0.4) is 0 Å². The SMILES string of the molecule is C=CCN(C(=O)C1N([C@@H](CO)CC(C)C)C(=O)[C@@H]2[C@H](C(=O)O)[C@]3(C)CCC12O3)C1CCCCC1. The smallest absolute Gasteiger partial charge is 0.310 e. The van der Waals surface area contributed by atoms with E-state index in [1.54, 1.807) is 13.0 Å². The molecule has 2 unspecified atom stereocenters. The van der Waals surface area contributed by atoms with Crippen molar-refractivity contribution in [3.63, 3.8) is 0 Å². The van der Waals surface area contributed by atoms with Crippen molar-refractivity contribution in [2.24, 2.45) is 17.8 Å². The minimum absolute atomic E-state index is 0.0637. The summed E-state index contributed by atoms with van der Waals surface area (Å²) in [5.41, 5.74) is -2.15. The summed E-state index contributed by atoms with van der Waals surface area (Å²) in [6, 6.07) is -1.44. The first-order valence-electron chi connectivity index (χ1n) is 12.9. The van der Waals surface area contributed by atoms with E-state index in [0.29, 0.717) is 25.8 Å². The molecule has 3 aliphatic heterocycles. The molecule has 190 valence electrons. The van der Waals surface area contributed by atoms with Gasteiger partial charge in [0.15, 0.2) is 0 Å². The van der Waals surface area contributed by atoms with Crippen molar-refractivity contribution in [1.29, 1.82) is 0 Å². The zero-order chi connectivity index (χ0) is 24.8. The van der Waals surface area contributed by atoms with Crippen LogP contribution in [0, 0.1) is 17.8 Å². The number of hydrogen-bond acceptors (Lipinski definition) is 5. The van der Waals surface area contributed by atoms with Gasteiger partial charge in [-0.3, -0.25) is 14.4 Å². The number of amides is 2. The van der Waals surface area contributed by atoms with Crippen molar-refractivity contribution >= 4 is 17.8 Å². The van der Waals surface area contributed by atoms with E-state index < -0.39 is 41.1 Å². The lowest BCUT2D eigenvalue weighted by Crippen LogP contribution is -2.60. The quantitative estimate of drug-likeness (QED) is 0.496. The molecule has 3 saturated heterocycles. The number of fused-ring (bicyclic) bond motifs is 1. The van der Waals surface area contributed by atoms with Gasteiger partial charge in [-0.1, -0.05) is 39.2 Å². The summed E-state index contributed by atoms with van der Waals surface area (Å²) < 4.78 is 6.50. The number of rotatable bonds is 9. The number of carboxylic acids is 1. The highest BCUT2D eigenvalue weighted by atomic mass is 16.5. The van der Waals surface area contributed by atoms with Crippen LogP contribution in [0.4, 0.5) is 0 Å². The van der Waals surface area contributed by atoms with Crippen LogP contribution in [0.1, 0.15) is 72.1 Å². The maximum Gasteiger partial charge on any atom is 0.310 e. The van der Waals surface area contributed by atoms with Crippen molar-refractivity contribution in [3.05, 3.63) is 12.7 Å². The Morgan fingerprint density at radius 2 is 1.94 bits per heavy atom. The summed E-state index contributed by atoms with van der Waals surface area (Å²) in [5, 5.41) is 20.4. The molecule has 0 aromatic heterocycles. The van der Waals surface area contributed by atoms with Crippen LogP contribution >= 0.6 is 0 Å². The van der Waals surface area contributed by atoms with Crippen LogP contribution in [0.25, 0.3) is 0 Å². The van der Waals surface area contributed by atoms with Gasteiger partial charge in [0.1, 0.15) is 11.6 Å². The minimum atomic E-state index is -1.18. The lowest BCUT2D eigenvalue weighted by atomic mass is 9.66. The van der Waals surface area contributed by atoms with E-state index in [4.69, 9.17) is 4.74 Å². The average Bonchev–Trinajstić information content (AvgIpc) is 3.36. The summed E-state index contributed by atoms with van der Waals surface area (Å²) in [5.74, 6) is -3.36. The molecule has 1 saturated carbocycles. The first-order valence-corrected chi connectivity index (χ1v) is 12.9. The summed E-state index contributed by atoms with van der Waals surface area (Å²) >= 11 is 0. The Labute approximate surface area is 202 Å². The molecule has 4 aliphatic rings. The molecule has 2 N–H and O–H groups in total. The Hall–Kier alpha value is -1.93. The van der Waals surface area contributed by atoms with Crippen molar-refractivity contribution < 1.29 is 29.3 Å². The number of nitrogens with zero attached hydrogens (tertiary/aromatic N) is 2. The molecule has 1 spiro atoms. The van der Waals surface area contributed by atoms with E-state index in [-0.39, 0.29) is 30.4 Å². The molecular formula is C26H40N2O6. The van der Waals surface area contributed by atoms with Crippen LogP contribution in [0.15, 0.2) is 12.7 Å². The molecular weight excluding hydrogens is 436 g/mol. The van der Waals surface area contributed by atoms with Gasteiger partial charge < -0.3 is 24.7 Å². The third-order valence-corrected chi connectivity index (χ3v) is 8.69. The van der Waals surface area contributed by atoms with Crippen molar-refractivity contribution in [2.45, 2.75) is 101 Å². The van der Waals surface area contributed by atoms with Crippen LogP contribution in [0.2, 0.25) is 0 Å². The third kappa shape index (κ3) is 3.77. The first-order chi connectivity index (χ1) is 16.1. The summed E-state index contributed by atoms with van der Waals surface area (Å²) in [6.45, 7) is 9.73. The Morgan fingerprint density at radius 3 is 2.50 bits per heavy atom. The number of carbonyl (C=O) groups excluding carboxylic acids is 2. The van der Waals surface area contributed by atoms with E-state index >= 15 is 0 Å². The van der Waals surface area contributed by atoms with Crippen LogP contribution < -0.4 is 0 Å². The number of carboxylic acid groups (broad SMARTS) is 1. The standard InChI is InChI=1S/C26H40N2O6/c1-5-13-27(17-9-7-6-8-10-17)23(31)21-26-12-11-25(4,34-26)20(24(32)33)19(26)22(30)28(21)18(15-29)14-16(2)3/h5,16-21,29H,1,6-15H2,2-4H3,(H,32,33)/t18-,19+,20-,21?,25+,26?/m1/s1. The fraction of sp³-hybridized carbons (Fsp3) is 0.808. The van der Waals surface area contributed by atoms with E-state index in [1.807, 2.05) is 18.7 Å². The topological polar surface area (TPSA) is 107 Å². The predicted octanol–water partition coefficient (Wildman–Crippen LogP) is 2.59. The predicted molar refractivity (Wildman–Crippen MR) is 126 cm³/mol. The van der Waals surface area contributed by atoms with Crippen molar-refractivity contribution in [2.75, 3.05) is 13.2 Å². The third-order valence-electron chi connectivity index (χ3n) is 8.69. The Balaban J connectivity index is 1.80. The van der Waals surface area contributed by atoms with Gasteiger partial charge in [0.2, 0.25) is 11.8 Å². The minimum Gasteiger partial charge on any atom is -0.481 e. The van der Waals surface area contributed by atoms with Gasteiger partial charge in [-0.2, -0.15) is 0 Å². The zero-order valence-electron chi connectivity index (χ0n) is 20.7. The van der Waals surface area contributed by atoms with Gasteiger partial charge in [0.05, 0.1) is 30.1 Å². The van der Waals surface area contributed by atoms with Gasteiger partial charge in [-0.15, -0.1) is 6.58 Å². The van der Waals surface area contributed by atoms with Gasteiger partial charge >= 0.3 is 5.97 Å². The molecule has 0 radical (unpaired) electrons. The highest BCUT2D eigenvalue weighted by molar-refractivity contribution is 5.98. The maximum atomic E-state index is 14.4. The molecule has 0 aromatic carbocycles. The Bertz CT molecular complexity index is 839. The van der Waals surface area contributed by atoms with Gasteiger partial charge in [-0.05, 0) is 44.9 Å². The molecule has 2 amide bonds. The fourth-order valence-corrected chi connectivity index (χ4v) is 7.34. The average molecular weight is 477 g/mol. The number of likely N-dealkylation sites (tertiary alicyclic amines) is 1. The van der Waals surface area contributed by atoms with Crippen molar-refractivity contribution in [3.8, 4) is 0 Å². The fourth-order valence-electron chi connectivity index (χ4n) is 7.34. The zero-order valence-corrected chi connectivity index (χ0v) is 20.7. The molecule has 0 aromatic rings. The Morgan fingerprint density at radius 1 is 1.26 bits per heavy atom. The molecule has 4 rings (SSSR count). The molecule has 34 heavy (non-hydrogen) atoms. The lowest BCUT2D eigenvalue weighted by Gasteiger charge is -2.42. The summed E-state index contributed by atoms with van der Waals surface area (Å²) in [4.78, 5) is 44.1. The first kappa shape index (κ1) is 25.2. The monoisotopic (exact) mass is 476 g/mol. The number of ether oxygens (including phenoxy) is 1. The molecule has 1 aliphatic carbocycles. The Kier molecular flexibility index (Phi) is 6.86. The van der Waals surface area contributed by atoms with E-state index in [0.717, 1.165) is 32.1 Å². The van der Waals surface area contributed by atoms with Gasteiger partial charge in [0.25, 0.3) is 0 Å². The molecule has 8 heteroatoms. The number of aliphatic carboxylic acids is 1. The van der Waals surface area contributed by atoms with E-state index in [9.17, 15) is 24.6 Å². The highest BCUT2D eigenvalue weighted by Gasteiger charge is 2.79. The normalized spacial score (nSPS) is 36.1. The van der Waals surface area contributed by atoms with Crippen LogP contribution in [-0.2, 0) is 19.1 Å². The van der Waals surface area contributed by atoms with Gasteiger partial charge in [0, 0.05) is 12.6 Å². The van der Waals surface area contributed by atoms with Crippen LogP contribution in [0.5, 0.6) is 0 Å². The van der Waals surface area contributed by atoms with Crippen LogP contribution in [-0.4, -0.2) is 80.3 Å². The second kappa shape index (κ2) is 9.26. The maximum absolute atomic E-state index is 14.4. The molecule has 2 bridgehead atoms. The van der Waals surface area contributed by atoms with Gasteiger partial charge in [-0.25, -0.2) is 0 Å². The molecule has 4 fully saturated rings. The number of hydrogen-bond donors (Lipinski definition) is 2. The number of carbonyl (C=O) groups is 3. The molecule has 6 atom stereocenters. The lowest BCUT2D eigenvalue weighted by molar-refractivity contribution is -0.160. The van der Waals surface area contributed by atoms with Crippen molar-refractivity contribution in [1.82, 2.24) is 9.80 Å². The van der Waals surface area contributed by atoms with E-state index in [1.165, 1.54) is 4.90 Å². The molecule has 8 nitrogen and oxygen atoms in total. The largest absolute Gasteiger partial charge is 0.481 e. The molecule has 3 heterocycles. The summed E-state index contributed by atoms with van der Waals surface area (Å²) in [6.07, 6.45) is 8.25.